The molecule has 2 aromatic rings. The first-order chi connectivity index (χ1) is 9.83. The highest BCUT2D eigenvalue weighted by molar-refractivity contribution is 5.90. The second-order valence-electron chi connectivity index (χ2n) is 5.00. The molecular formula is C19H17N. The lowest BCUT2D eigenvalue weighted by molar-refractivity contribution is 1.40. The Labute approximate surface area is 120 Å². The van der Waals surface area contributed by atoms with E-state index in [1.807, 2.05) is 36.5 Å². The monoisotopic (exact) mass is 259 g/mol. The average Bonchev–Trinajstić information content (AvgIpc) is 2.93. The van der Waals surface area contributed by atoms with E-state index in [4.69, 9.17) is 0 Å². The normalized spacial score (nSPS) is 14.4. The Hall–Kier alpha value is -2.41. The van der Waals surface area contributed by atoms with Gasteiger partial charge in [0.05, 0.1) is 5.69 Å². The van der Waals surface area contributed by atoms with Crippen molar-refractivity contribution in [2.75, 3.05) is 0 Å². The summed E-state index contributed by atoms with van der Waals surface area (Å²) < 4.78 is 0. The van der Waals surface area contributed by atoms with Crippen LogP contribution in [0.3, 0.4) is 0 Å². The fourth-order valence-electron chi connectivity index (χ4n) is 2.41. The summed E-state index contributed by atoms with van der Waals surface area (Å²) in [6.45, 7) is 2.15. The van der Waals surface area contributed by atoms with E-state index >= 15 is 0 Å². The van der Waals surface area contributed by atoms with Gasteiger partial charge in [-0.15, -0.1) is 0 Å². The predicted octanol–water partition coefficient (Wildman–Crippen LogP) is 5.17. The second-order valence-corrected chi connectivity index (χ2v) is 5.00. The first kappa shape index (κ1) is 12.6. The number of hydrogen-bond acceptors (Lipinski definition) is 1. The van der Waals surface area contributed by atoms with Gasteiger partial charge in [0.25, 0.3) is 0 Å². The van der Waals surface area contributed by atoms with Crippen LogP contribution in [0.1, 0.15) is 24.5 Å². The van der Waals surface area contributed by atoms with Crippen LogP contribution in [0.4, 0.5) is 5.69 Å². The van der Waals surface area contributed by atoms with Crippen LogP contribution in [0.5, 0.6) is 0 Å². The molecule has 3 rings (SSSR count). The molecule has 1 heteroatoms. The molecular weight excluding hydrogens is 242 g/mol. The molecule has 98 valence electrons. The van der Waals surface area contributed by atoms with Gasteiger partial charge in [0, 0.05) is 11.8 Å². The van der Waals surface area contributed by atoms with E-state index in [2.05, 4.69) is 48.3 Å². The van der Waals surface area contributed by atoms with E-state index in [1.54, 1.807) is 0 Å². The minimum atomic E-state index is 0.983. The summed E-state index contributed by atoms with van der Waals surface area (Å²) in [4.78, 5) is 4.56. The molecule has 0 fully saturated rings. The molecule has 0 bridgehead atoms. The van der Waals surface area contributed by atoms with Crippen LogP contribution in [0.25, 0.3) is 5.57 Å². The van der Waals surface area contributed by atoms with Crippen molar-refractivity contribution < 1.29 is 0 Å². The van der Waals surface area contributed by atoms with Gasteiger partial charge in [-0.25, -0.2) is 0 Å². The van der Waals surface area contributed by atoms with Crippen LogP contribution in [0, 0.1) is 0 Å². The van der Waals surface area contributed by atoms with Crippen molar-refractivity contribution in [2.45, 2.75) is 13.3 Å². The zero-order valence-corrected chi connectivity index (χ0v) is 11.6. The maximum absolute atomic E-state index is 4.56. The molecule has 0 aliphatic heterocycles. The Kier molecular flexibility index (Phi) is 3.60. The van der Waals surface area contributed by atoms with Crippen molar-refractivity contribution in [1.82, 2.24) is 0 Å². The van der Waals surface area contributed by atoms with Crippen LogP contribution in [-0.4, -0.2) is 6.21 Å². The van der Waals surface area contributed by atoms with Crippen molar-refractivity contribution in [3.05, 3.63) is 83.4 Å². The predicted molar refractivity (Wildman–Crippen MR) is 86.5 cm³/mol. The zero-order valence-electron chi connectivity index (χ0n) is 11.6. The Morgan fingerprint density at radius 3 is 2.45 bits per heavy atom. The van der Waals surface area contributed by atoms with E-state index in [1.165, 1.54) is 22.3 Å². The molecule has 0 atom stereocenters. The van der Waals surface area contributed by atoms with E-state index in [-0.39, 0.29) is 0 Å². The Bertz CT molecular complexity index is 691. The summed E-state index contributed by atoms with van der Waals surface area (Å²) in [5.74, 6) is 0. The molecule has 1 nitrogen and oxygen atoms in total. The molecule has 20 heavy (non-hydrogen) atoms. The third-order valence-electron chi connectivity index (χ3n) is 3.46. The highest BCUT2D eigenvalue weighted by Crippen LogP contribution is 2.28. The van der Waals surface area contributed by atoms with Crippen molar-refractivity contribution in [1.29, 1.82) is 0 Å². The molecule has 0 amide bonds. The van der Waals surface area contributed by atoms with E-state index in [9.17, 15) is 0 Å². The first-order valence-electron chi connectivity index (χ1n) is 6.89. The standard InChI is InChI=1S/C19H17N/c1-15-11-12-16(13-15)19-10-6-5-7-17(19)14-20-18-8-3-2-4-9-18/h2-11,13-14H,12H2,1H3. The molecule has 0 aromatic heterocycles. The maximum Gasteiger partial charge on any atom is 0.0629 e. The number of benzene rings is 2. The number of hydrogen-bond donors (Lipinski definition) is 0. The molecule has 1 aliphatic rings. The van der Waals surface area contributed by atoms with Gasteiger partial charge >= 0.3 is 0 Å². The van der Waals surface area contributed by atoms with E-state index in [0.717, 1.165) is 12.1 Å². The fourth-order valence-corrected chi connectivity index (χ4v) is 2.41. The number of allylic oxidation sites excluding steroid dienone is 4. The van der Waals surface area contributed by atoms with Crippen molar-refractivity contribution in [2.24, 2.45) is 4.99 Å². The van der Waals surface area contributed by atoms with Gasteiger partial charge < -0.3 is 0 Å². The summed E-state index contributed by atoms with van der Waals surface area (Å²) in [6.07, 6.45) is 7.50. The number of nitrogens with zero attached hydrogens (tertiary/aromatic N) is 1. The molecule has 0 spiro atoms. The van der Waals surface area contributed by atoms with Gasteiger partial charge in [-0.1, -0.05) is 60.2 Å². The lowest BCUT2D eigenvalue weighted by Gasteiger charge is -2.06. The summed E-state index contributed by atoms with van der Waals surface area (Å²) >= 11 is 0. The van der Waals surface area contributed by atoms with Gasteiger partial charge in [0.2, 0.25) is 0 Å². The Balaban J connectivity index is 1.91. The number of rotatable bonds is 3. The molecule has 0 heterocycles. The molecule has 0 radical (unpaired) electrons. The molecule has 0 saturated heterocycles. The van der Waals surface area contributed by atoms with Crippen LogP contribution < -0.4 is 0 Å². The van der Waals surface area contributed by atoms with Crippen LogP contribution in [0.15, 0.2) is 77.3 Å². The summed E-state index contributed by atoms with van der Waals surface area (Å²) in [5, 5.41) is 0. The van der Waals surface area contributed by atoms with Crippen molar-refractivity contribution in [3.63, 3.8) is 0 Å². The van der Waals surface area contributed by atoms with Gasteiger partial charge in [-0.3, -0.25) is 4.99 Å². The number of para-hydroxylation sites is 1. The molecule has 0 saturated carbocycles. The third-order valence-corrected chi connectivity index (χ3v) is 3.46. The zero-order chi connectivity index (χ0) is 13.8. The van der Waals surface area contributed by atoms with Gasteiger partial charge in [-0.2, -0.15) is 0 Å². The highest BCUT2D eigenvalue weighted by Gasteiger charge is 2.09. The molecule has 0 unspecified atom stereocenters. The van der Waals surface area contributed by atoms with Gasteiger partial charge in [-0.05, 0) is 36.6 Å². The minimum absolute atomic E-state index is 0.983. The van der Waals surface area contributed by atoms with Crippen molar-refractivity contribution >= 4 is 17.5 Å². The maximum atomic E-state index is 4.56. The SMILES string of the molecule is CC1=CCC(c2ccccc2C=Nc2ccccc2)=C1. The summed E-state index contributed by atoms with van der Waals surface area (Å²) in [6, 6.07) is 18.5. The smallest absolute Gasteiger partial charge is 0.0629 e. The van der Waals surface area contributed by atoms with Crippen molar-refractivity contribution in [3.8, 4) is 0 Å². The second kappa shape index (κ2) is 5.70. The molecule has 1 aliphatic carbocycles. The van der Waals surface area contributed by atoms with Crippen LogP contribution in [0.2, 0.25) is 0 Å². The molecule has 2 aromatic carbocycles. The van der Waals surface area contributed by atoms with E-state index < -0.39 is 0 Å². The topological polar surface area (TPSA) is 12.4 Å². The van der Waals surface area contributed by atoms with Gasteiger partial charge in [0.1, 0.15) is 0 Å². The Morgan fingerprint density at radius 2 is 1.70 bits per heavy atom. The minimum Gasteiger partial charge on any atom is -0.256 e. The lowest BCUT2D eigenvalue weighted by atomic mass is 9.99. The first-order valence-corrected chi connectivity index (χ1v) is 6.89. The number of aliphatic imine (C=N–C) groups is 1. The third kappa shape index (κ3) is 2.77. The summed E-state index contributed by atoms with van der Waals surface area (Å²) in [7, 11) is 0. The van der Waals surface area contributed by atoms with Crippen LogP contribution >= 0.6 is 0 Å². The summed E-state index contributed by atoms with van der Waals surface area (Å²) in [5.41, 5.74) is 6.15. The van der Waals surface area contributed by atoms with E-state index in [0.29, 0.717) is 0 Å². The van der Waals surface area contributed by atoms with Gasteiger partial charge in [0.15, 0.2) is 0 Å². The fraction of sp³-hybridized carbons (Fsp3) is 0.105. The van der Waals surface area contributed by atoms with Crippen LogP contribution in [-0.2, 0) is 0 Å². The average molecular weight is 259 g/mol. The largest absolute Gasteiger partial charge is 0.256 e. The lowest BCUT2D eigenvalue weighted by Crippen LogP contribution is -1.90. The molecule has 0 N–H and O–H groups in total. The quantitative estimate of drug-likeness (QED) is 0.674. The Morgan fingerprint density at radius 1 is 0.950 bits per heavy atom. The highest BCUT2D eigenvalue weighted by atomic mass is 14.7.